The third kappa shape index (κ3) is 2.11. The van der Waals surface area contributed by atoms with Gasteiger partial charge in [0.15, 0.2) is 0 Å². The van der Waals surface area contributed by atoms with Crippen LogP contribution in [0.4, 0.5) is 0 Å². The smallest absolute Gasteiger partial charge is 0.0573 e. The first-order valence-corrected chi connectivity index (χ1v) is 5.12. The molecule has 0 aromatic carbocycles. The molecule has 1 saturated heterocycles. The van der Waals surface area contributed by atoms with Crippen molar-refractivity contribution in [3.05, 3.63) is 30.1 Å². The second-order valence-electron chi connectivity index (χ2n) is 3.73. The van der Waals surface area contributed by atoms with Crippen LogP contribution in [-0.2, 0) is 4.74 Å². The predicted octanol–water partition coefficient (Wildman–Crippen LogP) is 1.51. The fraction of sp³-hybridized carbons (Fsp3) is 0.545. The summed E-state index contributed by atoms with van der Waals surface area (Å²) >= 11 is 0. The Hall–Kier alpha value is -0.930. The number of nitrogens with two attached hydrogens (primary N) is 1. The fourth-order valence-corrected chi connectivity index (χ4v) is 1.89. The summed E-state index contributed by atoms with van der Waals surface area (Å²) < 4.78 is 5.31. The van der Waals surface area contributed by atoms with Gasteiger partial charge in [-0.15, -0.1) is 0 Å². The summed E-state index contributed by atoms with van der Waals surface area (Å²) in [4.78, 5) is 4.29. The van der Waals surface area contributed by atoms with Gasteiger partial charge in [0.25, 0.3) is 0 Å². The van der Waals surface area contributed by atoms with E-state index in [1.165, 1.54) is 0 Å². The van der Waals surface area contributed by atoms with E-state index in [0.29, 0.717) is 5.92 Å². The highest BCUT2D eigenvalue weighted by Gasteiger charge is 2.22. The van der Waals surface area contributed by atoms with E-state index in [0.717, 1.165) is 31.7 Å². The molecule has 3 heteroatoms. The number of hydrogen-bond acceptors (Lipinski definition) is 3. The Bertz CT molecular complexity index is 270. The molecule has 3 nitrogen and oxygen atoms in total. The maximum atomic E-state index is 6.15. The van der Waals surface area contributed by atoms with Crippen LogP contribution in [0.2, 0.25) is 0 Å². The summed E-state index contributed by atoms with van der Waals surface area (Å²) in [7, 11) is 0. The topological polar surface area (TPSA) is 48.1 Å². The minimum absolute atomic E-state index is 0.0695. The van der Waals surface area contributed by atoms with E-state index in [4.69, 9.17) is 10.5 Å². The quantitative estimate of drug-likeness (QED) is 0.772. The van der Waals surface area contributed by atoms with Crippen molar-refractivity contribution < 1.29 is 4.74 Å². The molecule has 0 unspecified atom stereocenters. The molecule has 2 heterocycles. The Morgan fingerprint density at radius 1 is 1.36 bits per heavy atom. The van der Waals surface area contributed by atoms with Gasteiger partial charge >= 0.3 is 0 Å². The van der Waals surface area contributed by atoms with Gasteiger partial charge in [0.05, 0.1) is 5.69 Å². The van der Waals surface area contributed by atoms with Crippen LogP contribution in [0.25, 0.3) is 0 Å². The molecule has 0 spiro atoms. The zero-order chi connectivity index (χ0) is 9.80. The Labute approximate surface area is 84.3 Å². The lowest BCUT2D eigenvalue weighted by atomic mass is 9.90. The van der Waals surface area contributed by atoms with E-state index in [1.807, 2.05) is 18.2 Å². The Morgan fingerprint density at radius 3 is 2.79 bits per heavy atom. The normalized spacial score (nSPS) is 20.6. The van der Waals surface area contributed by atoms with Gasteiger partial charge in [0, 0.05) is 25.5 Å². The van der Waals surface area contributed by atoms with Crippen LogP contribution in [0, 0.1) is 5.92 Å². The average molecular weight is 192 g/mol. The predicted molar refractivity (Wildman–Crippen MR) is 54.7 cm³/mol. The van der Waals surface area contributed by atoms with Gasteiger partial charge in [-0.25, -0.2) is 0 Å². The van der Waals surface area contributed by atoms with Crippen molar-refractivity contribution in [3.63, 3.8) is 0 Å². The highest BCUT2D eigenvalue weighted by Crippen LogP contribution is 2.26. The molecule has 0 saturated carbocycles. The summed E-state index contributed by atoms with van der Waals surface area (Å²) in [6, 6.07) is 5.97. The van der Waals surface area contributed by atoms with Gasteiger partial charge in [-0.3, -0.25) is 4.98 Å². The highest BCUT2D eigenvalue weighted by molar-refractivity contribution is 5.09. The van der Waals surface area contributed by atoms with Crippen LogP contribution in [0.1, 0.15) is 24.6 Å². The van der Waals surface area contributed by atoms with Gasteiger partial charge in [-0.2, -0.15) is 0 Å². The molecule has 0 amide bonds. The lowest BCUT2D eigenvalue weighted by Gasteiger charge is -2.27. The number of nitrogens with zero attached hydrogens (tertiary/aromatic N) is 1. The average Bonchev–Trinajstić information content (AvgIpc) is 2.30. The minimum atomic E-state index is 0.0695. The van der Waals surface area contributed by atoms with Crippen LogP contribution in [0.3, 0.4) is 0 Å². The molecule has 1 atom stereocenters. The van der Waals surface area contributed by atoms with Gasteiger partial charge in [0.2, 0.25) is 0 Å². The summed E-state index contributed by atoms with van der Waals surface area (Å²) in [5, 5.41) is 0. The van der Waals surface area contributed by atoms with Crippen molar-refractivity contribution in [1.82, 2.24) is 4.98 Å². The minimum Gasteiger partial charge on any atom is -0.381 e. The van der Waals surface area contributed by atoms with Crippen molar-refractivity contribution in [1.29, 1.82) is 0 Å². The van der Waals surface area contributed by atoms with Crippen LogP contribution in [0.5, 0.6) is 0 Å². The first-order valence-electron chi connectivity index (χ1n) is 5.12. The number of rotatable bonds is 2. The molecule has 0 radical (unpaired) electrons. The Morgan fingerprint density at radius 2 is 2.14 bits per heavy atom. The number of aromatic nitrogens is 1. The standard InChI is InChI=1S/C11H16N2O/c12-11(9-4-7-14-8-5-9)10-3-1-2-6-13-10/h1-3,6,9,11H,4-5,7-8,12H2/t11-/m0/s1. The monoisotopic (exact) mass is 192 g/mol. The first kappa shape index (κ1) is 9.62. The Balaban J connectivity index is 2.03. The number of pyridine rings is 1. The van der Waals surface area contributed by atoms with E-state index in [1.54, 1.807) is 6.20 Å². The van der Waals surface area contributed by atoms with Crippen LogP contribution in [-0.4, -0.2) is 18.2 Å². The Kier molecular flexibility index (Phi) is 3.11. The molecule has 1 aliphatic rings. The van der Waals surface area contributed by atoms with Crippen LogP contribution >= 0.6 is 0 Å². The molecule has 76 valence electrons. The molecule has 1 aromatic heterocycles. The maximum absolute atomic E-state index is 6.15. The zero-order valence-electron chi connectivity index (χ0n) is 8.23. The molecule has 1 fully saturated rings. The van der Waals surface area contributed by atoms with E-state index in [-0.39, 0.29) is 6.04 Å². The number of hydrogen-bond donors (Lipinski definition) is 1. The second kappa shape index (κ2) is 4.53. The van der Waals surface area contributed by atoms with Crippen molar-refractivity contribution in [2.75, 3.05) is 13.2 Å². The van der Waals surface area contributed by atoms with Crippen molar-refractivity contribution in [3.8, 4) is 0 Å². The van der Waals surface area contributed by atoms with Crippen LogP contribution in [0.15, 0.2) is 24.4 Å². The summed E-state index contributed by atoms with van der Waals surface area (Å²) in [5.74, 6) is 0.527. The molecule has 1 aromatic rings. The lowest BCUT2D eigenvalue weighted by Crippen LogP contribution is -2.27. The molecule has 2 rings (SSSR count). The maximum Gasteiger partial charge on any atom is 0.0573 e. The highest BCUT2D eigenvalue weighted by atomic mass is 16.5. The molecule has 1 aliphatic heterocycles. The second-order valence-corrected chi connectivity index (χ2v) is 3.73. The third-order valence-corrected chi connectivity index (χ3v) is 2.80. The SMILES string of the molecule is N[C@H](c1ccccn1)C1CCOCC1. The lowest BCUT2D eigenvalue weighted by molar-refractivity contribution is 0.0579. The van der Waals surface area contributed by atoms with Crippen molar-refractivity contribution in [2.45, 2.75) is 18.9 Å². The van der Waals surface area contributed by atoms with Gasteiger partial charge in [0.1, 0.15) is 0 Å². The molecular formula is C11H16N2O. The van der Waals surface area contributed by atoms with E-state index >= 15 is 0 Å². The molecule has 0 bridgehead atoms. The van der Waals surface area contributed by atoms with Crippen molar-refractivity contribution in [2.24, 2.45) is 11.7 Å². The largest absolute Gasteiger partial charge is 0.381 e. The fourth-order valence-electron chi connectivity index (χ4n) is 1.89. The number of ether oxygens (including phenoxy) is 1. The molecular weight excluding hydrogens is 176 g/mol. The van der Waals surface area contributed by atoms with E-state index < -0.39 is 0 Å². The summed E-state index contributed by atoms with van der Waals surface area (Å²) in [5.41, 5.74) is 7.15. The molecule has 2 N–H and O–H groups in total. The van der Waals surface area contributed by atoms with Gasteiger partial charge in [-0.05, 0) is 30.9 Å². The van der Waals surface area contributed by atoms with Gasteiger partial charge < -0.3 is 10.5 Å². The van der Waals surface area contributed by atoms with Crippen LogP contribution < -0.4 is 5.73 Å². The molecule has 0 aliphatic carbocycles. The first-order chi connectivity index (χ1) is 6.88. The van der Waals surface area contributed by atoms with E-state index in [9.17, 15) is 0 Å². The molecule has 14 heavy (non-hydrogen) atoms. The van der Waals surface area contributed by atoms with Crippen molar-refractivity contribution >= 4 is 0 Å². The summed E-state index contributed by atoms with van der Waals surface area (Å²) in [6.07, 6.45) is 3.91. The zero-order valence-corrected chi connectivity index (χ0v) is 8.23. The summed E-state index contributed by atoms with van der Waals surface area (Å²) in [6.45, 7) is 1.68. The van der Waals surface area contributed by atoms with Gasteiger partial charge in [-0.1, -0.05) is 6.07 Å². The van der Waals surface area contributed by atoms with E-state index in [2.05, 4.69) is 4.98 Å². The third-order valence-electron chi connectivity index (χ3n) is 2.80.